The second kappa shape index (κ2) is 7.66. The Balaban J connectivity index is 1.68. The van der Waals surface area contributed by atoms with Gasteiger partial charge < -0.3 is 4.98 Å². The summed E-state index contributed by atoms with van der Waals surface area (Å²) in [5, 5.41) is 3.71. The number of rotatable bonds is 5. The van der Waals surface area contributed by atoms with Crippen molar-refractivity contribution in [1.82, 2.24) is 19.9 Å². The number of H-pyrrole nitrogens is 1. The van der Waals surface area contributed by atoms with Crippen molar-refractivity contribution in [3.8, 4) is 22.0 Å². The summed E-state index contributed by atoms with van der Waals surface area (Å²) in [5.41, 5.74) is 3.98. The van der Waals surface area contributed by atoms with E-state index in [4.69, 9.17) is 0 Å². The molecule has 4 rings (SSSR count). The Morgan fingerprint density at radius 1 is 1.14 bits per heavy atom. The van der Waals surface area contributed by atoms with E-state index < -0.39 is 0 Å². The van der Waals surface area contributed by atoms with E-state index in [-0.39, 0.29) is 5.56 Å². The summed E-state index contributed by atoms with van der Waals surface area (Å²) in [4.78, 5) is 26.9. The summed E-state index contributed by atoms with van der Waals surface area (Å²) in [7, 11) is 2.10. The Labute approximate surface area is 167 Å². The van der Waals surface area contributed by atoms with Crippen LogP contribution in [0.3, 0.4) is 0 Å². The maximum absolute atomic E-state index is 12.7. The van der Waals surface area contributed by atoms with Crippen LogP contribution < -0.4 is 5.56 Å². The number of nitrogens with zero attached hydrogens (tertiary/aromatic N) is 3. The Morgan fingerprint density at radius 2 is 2.00 bits per heavy atom. The number of pyridine rings is 2. The molecule has 1 N–H and O–H groups in total. The minimum atomic E-state index is -0.125. The van der Waals surface area contributed by atoms with Crippen molar-refractivity contribution < 1.29 is 0 Å². The van der Waals surface area contributed by atoms with Gasteiger partial charge in [-0.25, -0.2) is 4.98 Å². The SMILES string of the molecule is CC(C)N(C)Cc1ccc2cc(-c3csc(-c4ccccn4)n3)c(=O)[nH]c2c1. The number of fused-ring (bicyclic) bond motifs is 1. The lowest BCUT2D eigenvalue weighted by molar-refractivity contribution is 0.266. The molecule has 0 atom stereocenters. The molecule has 0 amide bonds. The van der Waals surface area contributed by atoms with Gasteiger partial charge in [0, 0.05) is 29.7 Å². The van der Waals surface area contributed by atoms with Gasteiger partial charge in [0.2, 0.25) is 0 Å². The number of nitrogens with one attached hydrogen (secondary N) is 1. The molecule has 5 nitrogen and oxygen atoms in total. The summed E-state index contributed by atoms with van der Waals surface area (Å²) in [6.45, 7) is 5.18. The average Bonchev–Trinajstić information content (AvgIpc) is 3.18. The molecule has 1 aromatic carbocycles. The predicted molar refractivity (Wildman–Crippen MR) is 116 cm³/mol. The lowest BCUT2D eigenvalue weighted by Crippen LogP contribution is -2.25. The Morgan fingerprint density at radius 3 is 2.75 bits per heavy atom. The molecule has 0 saturated heterocycles. The van der Waals surface area contributed by atoms with Crippen LogP contribution in [0.2, 0.25) is 0 Å². The molecule has 28 heavy (non-hydrogen) atoms. The zero-order chi connectivity index (χ0) is 19.7. The predicted octanol–water partition coefficient (Wildman–Crippen LogP) is 4.55. The summed E-state index contributed by atoms with van der Waals surface area (Å²) < 4.78 is 0. The summed E-state index contributed by atoms with van der Waals surface area (Å²) in [6, 6.07) is 14.3. The normalized spacial score (nSPS) is 11.6. The summed E-state index contributed by atoms with van der Waals surface area (Å²) in [6.07, 6.45) is 1.74. The molecule has 0 saturated carbocycles. The fourth-order valence-electron chi connectivity index (χ4n) is 3.01. The molecule has 3 aromatic heterocycles. The Hall–Kier alpha value is -2.83. The van der Waals surface area contributed by atoms with Gasteiger partial charge in [-0.15, -0.1) is 11.3 Å². The molecule has 4 aromatic rings. The fourth-order valence-corrected chi connectivity index (χ4v) is 3.81. The minimum Gasteiger partial charge on any atom is -0.321 e. The van der Waals surface area contributed by atoms with E-state index in [1.165, 1.54) is 16.9 Å². The van der Waals surface area contributed by atoms with Crippen molar-refractivity contribution in [2.75, 3.05) is 7.05 Å². The standard InChI is InChI=1S/C22H22N4OS/c1-14(2)26(3)12-15-7-8-16-11-17(21(27)24-19(16)10-15)20-13-28-22(25-20)18-6-4-5-9-23-18/h4-11,13-14H,12H2,1-3H3,(H,24,27). The van der Waals surface area contributed by atoms with Gasteiger partial charge in [-0.2, -0.15) is 0 Å². The third-order valence-corrected chi connectivity index (χ3v) is 5.75. The van der Waals surface area contributed by atoms with Crippen molar-refractivity contribution in [3.05, 3.63) is 70.0 Å². The van der Waals surface area contributed by atoms with Crippen LogP contribution in [0.5, 0.6) is 0 Å². The maximum Gasteiger partial charge on any atom is 0.257 e. The molecule has 0 aliphatic rings. The van der Waals surface area contributed by atoms with Gasteiger partial charge in [-0.1, -0.05) is 18.2 Å². The number of hydrogen-bond acceptors (Lipinski definition) is 5. The van der Waals surface area contributed by atoms with E-state index in [0.717, 1.165) is 28.1 Å². The molecule has 142 valence electrons. The van der Waals surface area contributed by atoms with Crippen molar-refractivity contribution in [2.24, 2.45) is 0 Å². The van der Waals surface area contributed by atoms with Crippen LogP contribution in [0, 0.1) is 0 Å². The number of aromatic amines is 1. The van der Waals surface area contributed by atoms with Gasteiger partial charge in [0.25, 0.3) is 5.56 Å². The highest BCUT2D eigenvalue weighted by Crippen LogP contribution is 2.27. The highest BCUT2D eigenvalue weighted by molar-refractivity contribution is 7.13. The second-order valence-corrected chi connectivity index (χ2v) is 8.05. The molecular weight excluding hydrogens is 368 g/mol. The molecule has 3 heterocycles. The van der Waals surface area contributed by atoms with Crippen molar-refractivity contribution in [1.29, 1.82) is 0 Å². The Bertz CT molecular complexity index is 1160. The van der Waals surface area contributed by atoms with Crippen molar-refractivity contribution in [2.45, 2.75) is 26.4 Å². The van der Waals surface area contributed by atoms with E-state index in [1.54, 1.807) is 6.20 Å². The largest absolute Gasteiger partial charge is 0.321 e. The monoisotopic (exact) mass is 390 g/mol. The molecule has 0 aliphatic carbocycles. The molecule has 0 fully saturated rings. The van der Waals surface area contributed by atoms with E-state index in [2.05, 4.69) is 58.9 Å². The summed E-state index contributed by atoms with van der Waals surface area (Å²) in [5.74, 6) is 0. The zero-order valence-corrected chi connectivity index (χ0v) is 17.0. The van der Waals surface area contributed by atoms with Crippen LogP contribution in [-0.4, -0.2) is 32.9 Å². The molecular formula is C22H22N4OS. The smallest absolute Gasteiger partial charge is 0.257 e. The first-order valence-corrected chi connectivity index (χ1v) is 10.1. The number of thiazole rings is 1. The third kappa shape index (κ3) is 3.74. The Kier molecular flexibility index (Phi) is 5.07. The maximum atomic E-state index is 12.7. The first kappa shape index (κ1) is 18.5. The van der Waals surface area contributed by atoms with E-state index in [0.29, 0.717) is 17.3 Å². The molecule has 6 heteroatoms. The van der Waals surface area contributed by atoms with Crippen molar-refractivity contribution >= 4 is 22.2 Å². The zero-order valence-electron chi connectivity index (χ0n) is 16.1. The van der Waals surface area contributed by atoms with E-state index in [1.807, 2.05) is 29.6 Å². The number of aromatic nitrogens is 3. The van der Waals surface area contributed by atoms with Crippen LogP contribution in [0.4, 0.5) is 0 Å². The van der Waals surface area contributed by atoms with Gasteiger partial charge >= 0.3 is 0 Å². The highest BCUT2D eigenvalue weighted by atomic mass is 32.1. The molecule has 0 bridgehead atoms. The molecule has 0 spiro atoms. The van der Waals surface area contributed by atoms with E-state index >= 15 is 0 Å². The number of hydrogen-bond donors (Lipinski definition) is 1. The summed E-state index contributed by atoms with van der Waals surface area (Å²) >= 11 is 1.49. The van der Waals surface area contributed by atoms with E-state index in [9.17, 15) is 4.79 Å². The first-order valence-electron chi connectivity index (χ1n) is 9.25. The van der Waals surface area contributed by atoms with Gasteiger partial charge in [0.05, 0.1) is 17.0 Å². The van der Waals surface area contributed by atoms with Crippen LogP contribution >= 0.6 is 11.3 Å². The highest BCUT2D eigenvalue weighted by Gasteiger charge is 2.12. The molecule has 0 unspecified atom stereocenters. The molecule has 0 radical (unpaired) electrons. The van der Waals surface area contributed by atoms with Gasteiger partial charge in [-0.05, 0) is 56.1 Å². The van der Waals surface area contributed by atoms with Crippen LogP contribution in [0.25, 0.3) is 32.9 Å². The fraction of sp³-hybridized carbons (Fsp3) is 0.227. The van der Waals surface area contributed by atoms with Crippen molar-refractivity contribution in [3.63, 3.8) is 0 Å². The first-order chi connectivity index (χ1) is 13.5. The minimum absolute atomic E-state index is 0.125. The van der Waals surface area contributed by atoms with Crippen LogP contribution in [-0.2, 0) is 6.54 Å². The van der Waals surface area contributed by atoms with Crippen LogP contribution in [0.15, 0.2) is 58.8 Å². The van der Waals surface area contributed by atoms with Gasteiger partial charge in [0.1, 0.15) is 5.01 Å². The number of benzene rings is 1. The molecule has 0 aliphatic heterocycles. The quantitative estimate of drug-likeness (QED) is 0.543. The average molecular weight is 391 g/mol. The second-order valence-electron chi connectivity index (χ2n) is 7.20. The van der Waals surface area contributed by atoms with Gasteiger partial charge in [-0.3, -0.25) is 14.7 Å². The van der Waals surface area contributed by atoms with Gasteiger partial charge in [0.15, 0.2) is 0 Å². The lowest BCUT2D eigenvalue weighted by Gasteiger charge is -2.21. The third-order valence-electron chi connectivity index (χ3n) is 4.89. The van der Waals surface area contributed by atoms with Crippen LogP contribution in [0.1, 0.15) is 19.4 Å². The topological polar surface area (TPSA) is 61.9 Å². The lowest BCUT2D eigenvalue weighted by atomic mass is 10.1.